The molecule has 2 atom stereocenters. The maximum atomic E-state index is 8.00. The molecule has 53 heavy (non-hydrogen) atoms. The van der Waals surface area contributed by atoms with E-state index in [9.17, 15) is 0 Å². The molecule has 5 rings (SSSR count). The molecular formula is C41H54Cl2N8O2. The molecule has 0 fully saturated rings. The molecule has 2 aromatic heterocycles. The van der Waals surface area contributed by atoms with E-state index in [1.165, 1.54) is 16.5 Å². The third-order valence-electron chi connectivity index (χ3n) is 9.83. The van der Waals surface area contributed by atoms with Crippen LogP contribution in [0.25, 0.3) is 22.0 Å². The SMILES string of the molecule is C=O.CN=C(NN)c1ccc2c(c1)c(CC(CCCOc1cc(C)c(Cl)c(C)c1)c1ccc(Cl)c(-c3c(C)nn(C)c3C)c1N[C@H](C)CNC)cn2C. The molecule has 3 aromatic carbocycles. The third kappa shape index (κ3) is 9.24. The number of aryl methyl sites for hydroxylation is 5. The molecule has 0 bridgehead atoms. The quantitative estimate of drug-likeness (QED) is 0.0298. The molecule has 0 saturated heterocycles. The normalized spacial score (nSPS) is 12.7. The van der Waals surface area contributed by atoms with Crippen LogP contribution < -0.4 is 26.6 Å². The number of aromatic nitrogens is 3. The lowest BCUT2D eigenvalue weighted by atomic mass is 9.84. The second kappa shape index (κ2) is 18.6. The Morgan fingerprint density at radius 2 is 1.74 bits per heavy atom. The van der Waals surface area contributed by atoms with Gasteiger partial charge in [-0.3, -0.25) is 9.67 Å². The molecule has 12 heteroatoms. The van der Waals surface area contributed by atoms with Gasteiger partial charge in [0.1, 0.15) is 18.4 Å². The van der Waals surface area contributed by atoms with Gasteiger partial charge in [-0.25, -0.2) is 5.84 Å². The first-order valence-corrected chi connectivity index (χ1v) is 18.6. The summed E-state index contributed by atoms with van der Waals surface area (Å²) in [5.74, 6) is 7.44. The summed E-state index contributed by atoms with van der Waals surface area (Å²) in [5.41, 5.74) is 14.4. The predicted octanol–water partition coefficient (Wildman–Crippen LogP) is 7.98. The number of hydrogen-bond donors (Lipinski definition) is 4. The summed E-state index contributed by atoms with van der Waals surface area (Å²) in [7, 11) is 7.80. The number of anilines is 1. The smallest absolute Gasteiger partial charge is 0.142 e. The number of aliphatic imine (C=N–C) groups is 1. The van der Waals surface area contributed by atoms with Crippen LogP contribution in [-0.2, 0) is 25.3 Å². The van der Waals surface area contributed by atoms with E-state index in [4.69, 9.17) is 43.7 Å². The number of fused-ring (bicyclic) bond motifs is 1. The molecule has 1 unspecified atom stereocenters. The van der Waals surface area contributed by atoms with Gasteiger partial charge in [0.25, 0.3) is 0 Å². The second-order valence-electron chi connectivity index (χ2n) is 13.6. The van der Waals surface area contributed by atoms with Gasteiger partial charge in [-0.05, 0) is 125 Å². The average molecular weight is 762 g/mol. The van der Waals surface area contributed by atoms with Crippen molar-refractivity contribution in [3.8, 4) is 16.9 Å². The minimum Gasteiger partial charge on any atom is -0.494 e. The van der Waals surface area contributed by atoms with E-state index in [0.717, 1.165) is 87.0 Å². The highest BCUT2D eigenvalue weighted by atomic mass is 35.5. The maximum Gasteiger partial charge on any atom is 0.142 e. The van der Waals surface area contributed by atoms with Crippen LogP contribution in [0.2, 0.25) is 10.0 Å². The topological polar surface area (TPSA) is 124 Å². The molecule has 0 spiro atoms. The number of carbonyl (C=O) groups excluding carboxylic acids is 1. The monoisotopic (exact) mass is 760 g/mol. The Bertz CT molecular complexity index is 2050. The van der Waals surface area contributed by atoms with Gasteiger partial charge in [-0.15, -0.1) is 0 Å². The number of likely N-dealkylation sites (N-methyl/N-ethyl adjacent to an activating group) is 1. The number of ether oxygens (including phenoxy) is 1. The number of nitrogens with one attached hydrogen (secondary N) is 3. The van der Waals surface area contributed by atoms with Crippen LogP contribution in [0, 0.1) is 27.7 Å². The summed E-state index contributed by atoms with van der Waals surface area (Å²) in [6.07, 6.45) is 4.78. The van der Waals surface area contributed by atoms with Crippen LogP contribution in [0.1, 0.15) is 64.9 Å². The zero-order chi connectivity index (χ0) is 39.0. The van der Waals surface area contributed by atoms with Gasteiger partial charge in [0.2, 0.25) is 0 Å². The van der Waals surface area contributed by atoms with Gasteiger partial charge in [0.05, 0.1) is 17.3 Å². The summed E-state index contributed by atoms with van der Waals surface area (Å²) < 4.78 is 10.5. The highest BCUT2D eigenvalue weighted by Crippen LogP contribution is 2.45. The van der Waals surface area contributed by atoms with E-state index in [0.29, 0.717) is 17.5 Å². The van der Waals surface area contributed by atoms with Crippen molar-refractivity contribution in [1.82, 2.24) is 25.1 Å². The Kier molecular flexibility index (Phi) is 14.5. The molecule has 0 amide bonds. The third-order valence-corrected chi connectivity index (χ3v) is 10.7. The Morgan fingerprint density at radius 1 is 1.04 bits per heavy atom. The molecule has 0 aliphatic heterocycles. The van der Waals surface area contributed by atoms with E-state index in [1.54, 1.807) is 7.05 Å². The van der Waals surface area contributed by atoms with Gasteiger partial charge < -0.3 is 30.2 Å². The molecular weight excluding hydrogens is 707 g/mol. The number of amidine groups is 1. The highest BCUT2D eigenvalue weighted by molar-refractivity contribution is 6.34. The van der Waals surface area contributed by atoms with Crippen LogP contribution >= 0.6 is 23.2 Å². The fourth-order valence-electron chi connectivity index (χ4n) is 7.28. The highest BCUT2D eigenvalue weighted by Gasteiger charge is 2.26. The van der Waals surface area contributed by atoms with Crippen molar-refractivity contribution < 1.29 is 9.53 Å². The molecule has 2 heterocycles. The van der Waals surface area contributed by atoms with Crippen molar-refractivity contribution in [1.29, 1.82) is 0 Å². The number of hydrazine groups is 1. The van der Waals surface area contributed by atoms with E-state index in [2.05, 4.69) is 83.9 Å². The summed E-state index contributed by atoms with van der Waals surface area (Å²) in [6, 6.07) is 14.8. The van der Waals surface area contributed by atoms with Crippen LogP contribution in [0.3, 0.4) is 0 Å². The van der Waals surface area contributed by atoms with Crippen LogP contribution in [0.5, 0.6) is 5.75 Å². The number of nitrogens with zero attached hydrogens (tertiary/aromatic N) is 4. The summed E-state index contributed by atoms with van der Waals surface area (Å²) in [6.45, 7) is 13.7. The maximum absolute atomic E-state index is 8.00. The fraction of sp³-hybridized carbons (Fsp3) is 0.390. The Hall–Kier alpha value is -4.35. The van der Waals surface area contributed by atoms with E-state index in [-0.39, 0.29) is 12.0 Å². The van der Waals surface area contributed by atoms with Gasteiger partial charge in [0, 0.05) is 83.9 Å². The van der Waals surface area contributed by atoms with Crippen molar-refractivity contribution >= 4 is 52.4 Å². The van der Waals surface area contributed by atoms with Crippen molar-refractivity contribution in [3.05, 3.63) is 97.9 Å². The zero-order valence-corrected chi connectivity index (χ0v) is 34.0. The van der Waals surface area contributed by atoms with Crippen molar-refractivity contribution in [3.63, 3.8) is 0 Å². The first-order valence-electron chi connectivity index (χ1n) is 17.8. The van der Waals surface area contributed by atoms with Crippen molar-refractivity contribution in [2.75, 3.05) is 32.6 Å². The molecule has 284 valence electrons. The van der Waals surface area contributed by atoms with E-state index in [1.807, 2.05) is 57.6 Å². The second-order valence-corrected chi connectivity index (χ2v) is 14.4. The van der Waals surface area contributed by atoms with Crippen LogP contribution in [0.15, 0.2) is 53.7 Å². The molecule has 0 aliphatic rings. The molecule has 5 aromatic rings. The summed E-state index contributed by atoms with van der Waals surface area (Å²) in [4.78, 5) is 12.4. The van der Waals surface area contributed by atoms with Gasteiger partial charge >= 0.3 is 0 Å². The minimum atomic E-state index is 0.126. The lowest BCUT2D eigenvalue weighted by Gasteiger charge is -2.27. The van der Waals surface area contributed by atoms with Gasteiger partial charge in [0.15, 0.2) is 0 Å². The van der Waals surface area contributed by atoms with Crippen molar-refractivity contribution in [2.45, 2.75) is 65.8 Å². The van der Waals surface area contributed by atoms with Crippen LogP contribution in [0.4, 0.5) is 5.69 Å². The molecule has 10 nitrogen and oxygen atoms in total. The minimum absolute atomic E-state index is 0.126. The lowest BCUT2D eigenvalue weighted by molar-refractivity contribution is -0.0980. The molecule has 5 N–H and O–H groups in total. The van der Waals surface area contributed by atoms with E-state index >= 15 is 0 Å². The van der Waals surface area contributed by atoms with E-state index < -0.39 is 0 Å². The first kappa shape index (κ1) is 41.4. The Morgan fingerprint density at radius 3 is 2.34 bits per heavy atom. The average Bonchev–Trinajstić information content (AvgIpc) is 3.58. The zero-order valence-electron chi connectivity index (χ0n) is 32.5. The predicted molar refractivity (Wildman–Crippen MR) is 222 cm³/mol. The molecule has 0 radical (unpaired) electrons. The number of nitrogens with two attached hydrogens (primary N) is 1. The van der Waals surface area contributed by atoms with Gasteiger partial charge in [-0.2, -0.15) is 5.10 Å². The number of halogens is 2. The lowest BCUT2D eigenvalue weighted by Crippen LogP contribution is -2.30. The first-order chi connectivity index (χ1) is 25.4. The Labute approximate surface area is 324 Å². The molecule has 0 saturated carbocycles. The number of rotatable bonds is 14. The van der Waals surface area contributed by atoms with Crippen molar-refractivity contribution in [2.24, 2.45) is 24.9 Å². The molecule has 0 aliphatic carbocycles. The summed E-state index contributed by atoms with van der Waals surface area (Å²) >= 11 is 13.6. The summed E-state index contributed by atoms with van der Waals surface area (Å²) in [5, 5.41) is 14.6. The Balaban J connectivity index is 0.00000308. The van der Waals surface area contributed by atoms with Crippen LogP contribution in [-0.4, -0.2) is 60.3 Å². The number of benzene rings is 3. The number of carbonyl (C=O) groups is 1. The fourth-order valence-corrected chi connectivity index (χ4v) is 7.64. The van der Waals surface area contributed by atoms with Gasteiger partial charge in [-0.1, -0.05) is 29.3 Å². The standard InChI is InChI=1S/C40H52Cl2N8O.CH2O/c1-23-17-31(18-24(2)38(23)42)51-16-10-11-28(19-30-22-49(8)35-15-12-29(20-33(30)35)40(45-7)47-43)32-13-14-34(41)37(39(32)46-25(3)21-44-6)36-26(4)48-50(9)27(36)5;1-2/h12-15,17-18,20,22,25,28,44,46H,10-11,16,19,21,43H2,1-9H3,(H,45,47);1H2/t25-,28?;/m1./s1. The largest absolute Gasteiger partial charge is 0.494 e. The number of hydrogen-bond acceptors (Lipinski definition) is 7.